The van der Waals surface area contributed by atoms with Crippen molar-refractivity contribution in [1.29, 1.82) is 0 Å². The van der Waals surface area contributed by atoms with Crippen LogP contribution < -0.4 is 0 Å². The molecular formula is C13H16ClFN4. The number of hydrogen-bond donors (Lipinski definition) is 0. The fourth-order valence-electron chi connectivity index (χ4n) is 2.88. The second kappa shape index (κ2) is 5.06. The number of halogens is 2. The molecule has 0 spiro atoms. The first kappa shape index (κ1) is 12.8. The summed E-state index contributed by atoms with van der Waals surface area (Å²) in [7, 11) is 2.12. The molecule has 0 aromatic carbocycles. The highest BCUT2D eigenvalue weighted by Gasteiger charge is 2.20. The molecule has 0 amide bonds. The number of aromatic nitrogens is 3. The predicted molar refractivity (Wildman–Crippen MR) is 72.7 cm³/mol. The minimum absolute atomic E-state index is 0.182. The zero-order chi connectivity index (χ0) is 13.4. The first-order chi connectivity index (χ1) is 9.15. The highest BCUT2D eigenvalue weighted by atomic mass is 35.5. The first-order valence-electron chi connectivity index (χ1n) is 6.48. The molecule has 1 saturated heterocycles. The largest absolute Gasteiger partial charge is 0.329 e. The van der Waals surface area contributed by atoms with Gasteiger partial charge in [-0.1, -0.05) is 11.6 Å². The standard InChI is InChI=1S/C13H16ClFN4/c1-18-4-2-3-9(5-18)6-19-7-10(15)11-12(14)16-8-17-13(11)19/h7-9H,2-6H2,1H3/t9-/m1/s1. The second-order valence-corrected chi connectivity index (χ2v) is 5.62. The second-order valence-electron chi connectivity index (χ2n) is 5.26. The topological polar surface area (TPSA) is 34.0 Å². The van der Waals surface area contributed by atoms with Crippen molar-refractivity contribution in [2.24, 2.45) is 5.92 Å². The lowest BCUT2D eigenvalue weighted by molar-refractivity contribution is 0.195. The Hall–Kier alpha value is -1.20. The van der Waals surface area contributed by atoms with E-state index in [0.717, 1.165) is 19.6 Å². The molecule has 1 atom stereocenters. The maximum Gasteiger partial charge on any atom is 0.153 e. The number of likely N-dealkylation sites (tertiary alicyclic amines) is 1. The number of rotatable bonds is 2. The molecule has 0 saturated carbocycles. The third kappa shape index (κ3) is 2.44. The van der Waals surface area contributed by atoms with Crippen molar-refractivity contribution in [3.63, 3.8) is 0 Å². The van der Waals surface area contributed by atoms with Crippen LogP contribution in [0.4, 0.5) is 4.39 Å². The van der Waals surface area contributed by atoms with Crippen molar-refractivity contribution in [2.45, 2.75) is 19.4 Å². The lowest BCUT2D eigenvalue weighted by atomic mass is 9.98. The van der Waals surface area contributed by atoms with E-state index < -0.39 is 0 Å². The van der Waals surface area contributed by atoms with Crippen LogP contribution in [0.3, 0.4) is 0 Å². The molecule has 0 aliphatic carbocycles. The van der Waals surface area contributed by atoms with Crippen LogP contribution in [-0.2, 0) is 6.54 Å². The lowest BCUT2D eigenvalue weighted by Gasteiger charge is -2.29. The van der Waals surface area contributed by atoms with Crippen molar-refractivity contribution in [3.8, 4) is 0 Å². The van der Waals surface area contributed by atoms with Crippen molar-refractivity contribution in [2.75, 3.05) is 20.1 Å². The smallest absolute Gasteiger partial charge is 0.153 e. The van der Waals surface area contributed by atoms with E-state index in [9.17, 15) is 4.39 Å². The third-order valence-corrected chi connectivity index (χ3v) is 4.02. The summed E-state index contributed by atoms with van der Waals surface area (Å²) in [5, 5.41) is 0.510. The molecule has 2 aromatic heterocycles. The maximum absolute atomic E-state index is 13.9. The van der Waals surface area contributed by atoms with Crippen molar-refractivity contribution in [1.82, 2.24) is 19.4 Å². The molecule has 6 heteroatoms. The van der Waals surface area contributed by atoms with Crippen LogP contribution in [0.25, 0.3) is 11.0 Å². The van der Waals surface area contributed by atoms with Gasteiger partial charge in [-0.05, 0) is 32.4 Å². The summed E-state index contributed by atoms with van der Waals surface area (Å²) in [5.74, 6) is 0.187. The minimum atomic E-state index is -0.343. The van der Waals surface area contributed by atoms with Crippen LogP contribution in [0, 0.1) is 11.7 Å². The number of fused-ring (bicyclic) bond motifs is 1. The fraction of sp³-hybridized carbons (Fsp3) is 0.538. The molecule has 1 aliphatic heterocycles. The Morgan fingerprint density at radius 2 is 2.32 bits per heavy atom. The summed E-state index contributed by atoms with van der Waals surface area (Å²) in [6.07, 6.45) is 5.23. The van der Waals surface area contributed by atoms with Crippen LogP contribution >= 0.6 is 11.6 Å². The Kier molecular flexibility index (Phi) is 3.41. The summed E-state index contributed by atoms with van der Waals surface area (Å²) in [6, 6.07) is 0. The molecule has 1 fully saturated rings. The van der Waals surface area contributed by atoms with Crippen molar-refractivity contribution in [3.05, 3.63) is 23.5 Å². The Morgan fingerprint density at radius 3 is 3.11 bits per heavy atom. The van der Waals surface area contributed by atoms with E-state index in [0.29, 0.717) is 17.0 Å². The van der Waals surface area contributed by atoms with Gasteiger partial charge in [-0.15, -0.1) is 0 Å². The molecule has 0 N–H and O–H groups in total. The van der Waals surface area contributed by atoms with Crippen LogP contribution in [-0.4, -0.2) is 39.6 Å². The van der Waals surface area contributed by atoms with Gasteiger partial charge >= 0.3 is 0 Å². The molecule has 2 aromatic rings. The Bertz CT molecular complexity index is 598. The van der Waals surface area contributed by atoms with Crippen molar-refractivity contribution >= 4 is 22.6 Å². The number of hydrogen-bond acceptors (Lipinski definition) is 3. The number of piperidine rings is 1. The molecule has 1 aliphatic rings. The molecule has 4 nitrogen and oxygen atoms in total. The van der Waals surface area contributed by atoms with Crippen LogP contribution in [0.1, 0.15) is 12.8 Å². The van der Waals surface area contributed by atoms with Gasteiger partial charge in [0.25, 0.3) is 0 Å². The minimum Gasteiger partial charge on any atom is -0.329 e. The first-order valence-corrected chi connectivity index (χ1v) is 6.86. The van der Waals surface area contributed by atoms with Gasteiger partial charge in [-0.3, -0.25) is 0 Å². The van der Waals surface area contributed by atoms with Gasteiger partial charge in [0.05, 0.1) is 5.39 Å². The molecule has 0 bridgehead atoms. The van der Waals surface area contributed by atoms with Gasteiger partial charge in [-0.25, -0.2) is 14.4 Å². The van der Waals surface area contributed by atoms with Gasteiger partial charge < -0.3 is 9.47 Å². The Balaban J connectivity index is 1.91. The quantitative estimate of drug-likeness (QED) is 0.794. The Morgan fingerprint density at radius 1 is 1.47 bits per heavy atom. The molecule has 0 radical (unpaired) electrons. The summed E-state index contributed by atoms with van der Waals surface area (Å²) in [6.45, 7) is 2.96. The predicted octanol–water partition coefficient (Wildman–Crippen LogP) is 2.57. The van der Waals surface area contributed by atoms with Gasteiger partial charge in [0.15, 0.2) is 5.82 Å². The van der Waals surface area contributed by atoms with Crippen LogP contribution in [0.5, 0.6) is 0 Å². The van der Waals surface area contributed by atoms with E-state index in [4.69, 9.17) is 11.6 Å². The molecule has 3 heterocycles. The fourth-order valence-corrected chi connectivity index (χ4v) is 3.10. The maximum atomic E-state index is 13.9. The van der Waals surface area contributed by atoms with E-state index in [1.54, 1.807) is 0 Å². The highest BCUT2D eigenvalue weighted by Crippen LogP contribution is 2.26. The SMILES string of the molecule is CN1CCC[C@@H](Cn2cc(F)c3c(Cl)ncnc32)C1. The lowest BCUT2D eigenvalue weighted by Crippen LogP contribution is -2.34. The average Bonchev–Trinajstić information content (AvgIpc) is 2.68. The van der Waals surface area contributed by atoms with E-state index >= 15 is 0 Å². The van der Waals surface area contributed by atoms with Crippen LogP contribution in [0.2, 0.25) is 5.15 Å². The molecule has 0 unspecified atom stereocenters. The summed E-state index contributed by atoms with van der Waals surface area (Å²) in [4.78, 5) is 10.3. The molecular weight excluding hydrogens is 267 g/mol. The third-order valence-electron chi connectivity index (χ3n) is 3.74. The molecule has 102 valence electrons. The number of nitrogens with zero attached hydrogens (tertiary/aromatic N) is 4. The van der Waals surface area contributed by atoms with Crippen molar-refractivity contribution < 1.29 is 4.39 Å². The van der Waals surface area contributed by atoms with Gasteiger partial charge in [0.2, 0.25) is 0 Å². The van der Waals surface area contributed by atoms with E-state index in [-0.39, 0.29) is 11.0 Å². The van der Waals surface area contributed by atoms with E-state index in [2.05, 4.69) is 21.9 Å². The van der Waals surface area contributed by atoms with E-state index in [1.165, 1.54) is 25.4 Å². The zero-order valence-corrected chi connectivity index (χ0v) is 11.6. The average molecular weight is 283 g/mol. The Labute approximate surface area is 116 Å². The van der Waals surface area contributed by atoms with Gasteiger partial charge in [0.1, 0.15) is 17.1 Å². The molecule has 3 rings (SSSR count). The van der Waals surface area contributed by atoms with Crippen LogP contribution in [0.15, 0.2) is 12.5 Å². The summed E-state index contributed by atoms with van der Waals surface area (Å²) < 4.78 is 15.8. The summed E-state index contributed by atoms with van der Waals surface area (Å²) in [5.41, 5.74) is 0.589. The monoisotopic (exact) mass is 282 g/mol. The molecule has 19 heavy (non-hydrogen) atoms. The van der Waals surface area contributed by atoms with Gasteiger partial charge in [-0.2, -0.15) is 0 Å². The summed E-state index contributed by atoms with van der Waals surface area (Å²) >= 11 is 5.93. The normalized spacial score (nSPS) is 21.1. The van der Waals surface area contributed by atoms with E-state index in [1.807, 2.05) is 4.57 Å². The van der Waals surface area contributed by atoms with Gasteiger partial charge in [0, 0.05) is 19.3 Å². The zero-order valence-electron chi connectivity index (χ0n) is 10.8. The highest BCUT2D eigenvalue weighted by molar-refractivity contribution is 6.33.